The molecular formula is C12H15FN4O3S. The van der Waals surface area contributed by atoms with E-state index in [1.807, 2.05) is 0 Å². The standard InChI is InChI=1S/C12H15FN4O3S/c1-7-9(6-14)12(16-15-7)21(18,19)17-11-5-8(20-2)3-4-10(11)13/h3-5,17H,6,14H2,1-2H3,(H,15,16). The van der Waals surface area contributed by atoms with E-state index in [0.29, 0.717) is 17.0 Å². The Labute approximate surface area is 121 Å². The van der Waals surface area contributed by atoms with Crippen molar-refractivity contribution in [3.05, 3.63) is 35.3 Å². The quantitative estimate of drug-likeness (QED) is 0.766. The molecule has 1 aromatic heterocycles. The summed E-state index contributed by atoms with van der Waals surface area (Å²) in [6, 6.07) is 3.74. The fraction of sp³-hybridized carbons (Fsp3) is 0.250. The van der Waals surface area contributed by atoms with Crippen LogP contribution in [0.25, 0.3) is 0 Å². The second kappa shape index (κ2) is 5.70. The molecule has 0 radical (unpaired) electrons. The number of ether oxygens (including phenoxy) is 1. The first kappa shape index (κ1) is 15.3. The molecule has 0 saturated heterocycles. The highest BCUT2D eigenvalue weighted by molar-refractivity contribution is 7.92. The summed E-state index contributed by atoms with van der Waals surface area (Å²) in [6.07, 6.45) is 0. The Hall–Kier alpha value is -2.13. The van der Waals surface area contributed by atoms with Gasteiger partial charge in [-0.2, -0.15) is 13.5 Å². The summed E-state index contributed by atoms with van der Waals surface area (Å²) in [7, 11) is -2.65. The molecule has 2 rings (SSSR count). The van der Waals surface area contributed by atoms with Crippen LogP contribution in [-0.4, -0.2) is 25.7 Å². The summed E-state index contributed by atoms with van der Waals surface area (Å²) in [5.74, 6) is -0.396. The number of methoxy groups -OCH3 is 1. The van der Waals surface area contributed by atoms with E-state index in [1.165, 1.54) is 19.2 Å². The van der Waals surface area contributed by atoms with Crippen LogP contribution in [0.4, 0.5) is 10.1 Å². The molecule has 0 amide bonds. The highest BCUT2D eigenvalue weighted by Gasteiger charge is 2.24. The predicted molar refractivity (Wildman–Crippen MR) is 75.0 cm³/mol. The highest BCUT2D eigenvalue weighted by Crippen LogP contribution is 2.25. The molecule has 0 atom stereocenters. The highest BCUT2D eigenvalue weighted by atomic mass is 32.2. The number of aromatic amines is 1. The van der Waals surface area contributed by atoms with Crippen LogP contribution in [0.2, 0.25) is 0 Å². The van der Waals surface area contributed by atoms with Gasteiger partial charge >= 0.3 is 0 Å². The molecule has 0 saturated carbocycles. The number of benzene rings is 1. The van der Waals surface area contributed by atoms with Crippen molar-refractivity contribution < 1.29 is 17.5 Å². The van der Waals surface area contributed by atoms with Crippen molar-refractivity contribution in [3.8, 4) is 5.75 Å². The fourth-order valence-corrected chi connectivity index (χ4v) is 3.06. The molecule has 21 heavy (non-hydrogen) atoms. The fourth-order valence-electron chi connectivity index (χ4n) is 1.80. The first-order valence-electron chi connectivity index (χ1n) is 5.99. The lowest BCUT2D eigenvalue weighted by molar-refractivity contribution is 0.414. The van der Waals surface area contributed by atoms with Crippen LogP contribution < -0.4 is 15.2 Å². The first-order chi connectivity index (χ1) is 9.89. The van der Waals surface area contributed by atoms with Gasteiger partial charge in [-0.25, -0.2) is 4.39 Å². The van der Waals surface area contributed by atoms with Crippen molar-refractivity contribution in [3.63, 3.8) is 0 Å². The molecule has 0 aliphatic carbocycles. The minimum atomic E-state index is -4.05. The van der Waals surface area contributed by atoms with E-state index in [4.69, 9.17) is 10.5 Å². The third kappa shape index (κ3) is 2.98. The number of rotatable bonds is 5. The molecule has 0 aliphatic rings. The van der Waals surface area contributed by atoms with Crippen LogP contribution in [0.5, 0.6) is 5.75 Å². The number of aryl methyl sites for hydroxylation is 1. The average molecular weight is 314 g/mol. The van der Waals surface area contributed by atoms with Crippen molar-refractivity contribution in [2.75, 3.05) is 11.8 Å². The van der Waals surface area contributed by atoms with Gasteiger partial charge in [0, 0.05) is 23.9 Å². The average Bonchev–Trinajstić information content (AvgIpc) is 2.83. The third-order valence-electron chi connectivity index (χ3n) is 2.91. The second-order valence-electron chi connectivity index (χ2n) is 4.29. The second-order valence-corrected chi connectivity index (χ2v) is 5.89. The van der Waals surface area contributed by atoms with Crippen LogP contribution in [0.15, 0.2) is 23.2 Å². The summed E-state index contributed by atoms with van der Waals surface area (Å²) in [4.78, 5) is 0. The Morgan fingerprint density at radius 2 is 2.19 bits per heavy atom. The maximum atomic E-state index is 13.7. The van der Waals surface area contributed by atoms with E-state index in [2.05, 4.69) is 14.9 Å². The summed E-state index contributed by atoms with van der Waals surface area (Å²) in [5.41, 5.74) is 6.19. The molecule has 4 N–H and O–H groups in total. The van der Waals surface area contributed by atoms with Gasteiger partial charge < -0.3 is 10.5 Å². The zero-order valence-corrected chi connectivity index (χ0v) is 12.3. The summed E-state index contributed by atoms with van der Waals surface area (Å²) >= 11 is 0. The van der Waals surface area contributed by atoms with Crippen LogP contribution >= 0.6 is 0 Å². The molecule has 1 aromatic carbocycles. The molecule has 0 spiro atoms. The molecule has 0 aliphatic heterocycles. The van der Waals surface area contributed by atoms with Crippen LogP contribution in [0.3, 0.4) is 0 Å². The van der Waals surface area contributed by atoms with Crippen LogP contribution in [-0.2, 0) is 16.6 Å². The minimum absolute atomic E-state index is 0.000824. The number of nitrogens with zero attached hydrogens (tertiary/aromatic N) is 1. The summed E-state index contributed by atoms with van der Waals surface area (Å²) in [6.45, 7) is 1.65. The maximum absolute atomic E-state index is 13.7. The Morgan fingerprint density at radius 1 is 1.48 bits per heavy atom. The largest absolute Gasteiger partial charge is 0.497 e. The van der Waals surface area contributed by atoms with Crippen molar-refractivity contribution >= 4 is 15.7 Å². The maximum Gasteiger partial charge on any atom is 0.281 e. The number of nitrogens with one attached hydrogen (secondary N) is 2. The van der Waals surface area contributed by atoms with Gasteiger partial charge in [-0.3, -0.25) is 9.82 Å². The number of H-pyrrole nitrogens is 1. The predicted octanol–water partition coefficient (Wildman–Crippen LogP) is 1.13. The molecule has 9 heteroatoms. The van der Waals surface area contributed by atoms with E-state index >= 15 is 0 Å². The lowest BCUT2D eigenvalue weighted by atomic mass is 10.3. The lowest BCUT2D eigenvalue weighted by Crippen LogP contribution is -2.17. The number of nitrogens with two attached hydrogens (primary N) is 1. The molecule has 7 nitrogen and oxygen atoms in total. The van der Waals surface area contributed by atoms with Gasteiger partial charge in [-0.05, 0) is 19.1 Å². The van der Waals surface area contributed by atoms with Crippen molar-refractivity contribution in [1.82, 2.24) is 10.2 Å². The molecule has 0 unspecified atom stereocenters. The zero-order valence-electron chi connectivity index (χ0n) is 11.5. The van der Waals surface area contributed by atoms with Crippen LogP contribution in [0, 0.1) is 12.7 Å². The van der Waals surface area contributed by atoms with Gasteiger partial charge in [0.25, 0.3) is 10.0 Å². The third-order valence-corrected chi connectivity index (χ3v) is 4.25. The molecular weight excluding hydrogens is 299 g/mol. The topological polar surface area (TPSA) is 110 Å². The van der Waals surface area contributed by atoms with Gasteiger partial charge in [-0.15, -0.1) is 0 Å². The van der Waals surface area contributed by atoms with E-state index in [1.54, 1.807) is 6.92 Å². The van der Waals surface area contributed by atoms with E-state index < -0.39 is 15.8 Å². The van der Waals surface area contributed by atoms with Gasteiger partial charge in [0.2, 0.25) is 5.03 Å². The normalized spacial score (nSPS) is 11.4. The number of hydrogen-bond donors (Lipinski definition) is 3. The van der Waals surface area contributed by atoms with Gasteiger partial charge in [-0.1, -0.05) is 0 Å². The lowest BCUT2D eigenvalue weighted by Gasteiger charge is -2.09. The van der Waals surface area contributed by atoms with Gasteiger partial charge in [0.05, 0.1) is 12.8 Å². The Morgan fingerprint density at radius 3 is 2.81 bits per heavy atom. The summed E-state index contributed by atoms with van der Waals surface area (Å²) in [5, 5.41) is 6.02. The number of anilines is 1. The molecule has 1 heterocycles. The first-order valence-corrected chi connectivity index (χ1v) is 7.47. The van der Waals surface area contributed by atoms with Crippen LogP contribution in [0.1, 0.15) is 11.3 Å². The van der Waals surface area contributed by atoms with Gasteiger partial charge in [0.15, 0.2) is 0 Å². The Bertz CT molecular complexity index is 758. The SMILES string of the molecule is COc1ccc(F)c(NS(=O)(=O)c2n[nH]c(C)c2CN)c1. The van der Waals surface area contributed by atoms with E-state index in [9.17, 15) is 12.8 Å². The Kier molecular flexibility index (Phi) is 4.14. The smallest absolute Gasteiger partial charge is 0.281 e. The Balaban J connectivity index is 2.42. The molecule has 114 valence electrons. The summed E-state index contributed by atoms with van der Waals surface area (Å²) < 4.78 is 45.4. The number of sulfonamides is 1. The molecule has 2 aromatic rings. The van der Waals surface area contributed by atoms with Crippen molar-refractivity contribution in [2.24, 2.45) is 5.73 Å². The zero-order chi connectivity index (χ0) is 15.6. The number of halogens is 1. The van der Waals surface area contributed by atoms with Crippen molar-refractivity contribution in [1.29, 1.82) is 0 Å². The number of hydrogen-bond acceptors (Lipinski definition) is 5. The minimum Gasteiger partial charge on any atom is -0.497 e. The van der Waals surface area contributed by atoms with E-state index in [0.717, 1.165) is 6.07 Å². The molecule has 0 fully saturated rings. The van der Waals surface area contributed by atoms with E-state index in [-0.39, 0.29) is 17.3 Å². The monoisotopic (exact) mass is 314 g/mol. The molecule has 0 bridgehead atoms. The van der Waals surface area contributed by atoms with Gasteiger partial charge in [0.1, 0.15) is 11.6 Å². The van der Waals surface area contributed by atoms with Crippen molar-refractivity contribution in [2.45, 2.75) is 18.5 Å². The number of aromatic nitrogens is 2.